The first-order chi connectivity index (χ1) is 5.97. The van der Waals surface area contributed by atoms with E-state index in [0.29, 0.717) is 0 Å². The molecule has 0 saturated heterocycles. The summed E-state index contributed by atoms with van der Waals surface area (Å²) in [6.45, 7) is 0. The summed E-state index contributed by atoms with van der Waals surface area (Å²) in [4.78, 5) is 0. The van der Waals surface area contributed by atoms with Crippen molar-refractivity contribution >= 4 is 5.57 Å². The minimum Gasteiger partial charge on any atom is -0.368 e. The van der Waals surface area contributed by atoms with Gasteiger partial charge in [0.05, 0.1) is 0 Å². The maximum atomic E-state index is 3.09. The van der Waals surface area contributed by atoms with Gasteiger partial charge < -0.3 is 5.32 Å². The van der Waals surface area contributed by atoms with Gasteiger partial charge in [-0.15, -0.1) is 0 Å². The monoisotopic (exact) mass is 157 g/mol. The van der Waals surface area contributed by atoms with Gasteiger partial charge in [0.15, 0.2) is 0 Å². The Kier molecular flexibility index (Phi) is 1.95. The maximum absolute atomic E-state index is 3.09. The van der Waals surface area contributed by atoms with Gasteiger partial charge in [0.2, 0.25) is 0 Å². The Morgan fingerprint density at radius 1 is 1.08 bits per heavy atom. The Morgan fingerprint density at radius 3 is 2.58 bits per heavy atom. The molecule has 1 aliphatic rings. The highest BCUT2D eigenvalue weighted by molar-refractivity contribution is 5.67. The first-order valence-electron chi connectivity index (χ1n) is 4.12. The Bertz CT molecular complexity index is 309. The van der Waals surface area contributed by atoms with Crippen molar-refractivity contribution in [1.82, 2.24) is 5.32 Å². The van der Waals surface area contributed by atoms with Crippen LogP contribution in [0.2, 0.25) is 0 Å². The van der Waals surface area contributed by atoms with Crippen molar-refractivity contribution in [3.63, 3.8) is 0 Å². The van der Waals surface area contributed by atoms with Gasteiger partial charge in [0.25, 0.3) is 0 Å². The number of benzene rings is 1. The molecule has 12 heavy (non-hydrogen) atoms. The third-order valence-electron chi connectivity index (χ3n) is 1.95. The van der Waals surface area contributed by atoms with Crippen LogP contribution in [0.5, 0.6) is 0 Å². The Balaban J connectivity index is 2.26. The van der Waals surface area contributed by atoms with Crippen molar-refractivity contribution in [2.45, 2.75) is 6.42 Å². The standard InChI is InChI=1S/C11H11N/c1-2-5-10(6-3-1)11-7-4-8-12-9-11/h1-6,8-9,12H,7H2. The molecule has 1 heterocycles. The largest absolute Gasteiger partial charge is 0.368 e. The van der Waals surface area contributed by atoms with Crippen LogP contribution in [0.1, 0.15) is 12.0 Å². The molecule has 0 fully saturated rings. The van der Waals surface area contributed by atoms with Gasteiger partial charge in [-0.05, 0) is 23.8 Å². The molecule has 1 aromatic rings. The summed E-state index contributed by atoms with van der Waals surface area (Å²) in [5.74, 6) is 0. The van der Waals surface area contributed by atoms with Crippen LogP contribution in [0.4, 0.5) is 0 Å². The minimum atomic E-state index is 1.02. The summed E-state index contributed by atoms with van der Waals surface area (Å²) < 4.78 is 0. The van der Waals surface area contributed by atoms with Crippen LogP contribution in [-0.2, 0) is 0 Å². The molecule has 1 heteroatoms. The molecule has 0 bridgehead atoms. The highest BCUT2D eigenvalue weighted by Crippen LogP contribution is 2.18. The fraction of sp³-hybridized carbons (Fsp3) is 0.0909. The van der Waals surface area contributed by atoms with Gasteiger partial charge in [-0.25, -0.2) is 0 Å². The molecule has 1 aromatic carbocycles. The second kappa shape index (κ2) is 3.26. The topological polar surface area (TPSA) is 12.0 Å². The van der Waals surface area contributed by atoms with E-state index in [1.165, 1.54) is 11.1 Å². The number of allylic oxidation sites excluding steroid dienone is 2. The van der Waals surface area contributed by atoms with Gasteiger partial charge >= 0.3 is 0 Å². The molecule has 2 rings (SSSR count). The second-order valence-electron chi connectivity index (χ2n) is 2.81. The molecule has 1 nitrogen and oxygen atoms in total. The maximum Gasteiger partial charge on any atom is 0.00458 e. The van der Waals surface area contributed by atoms with Gasteiger partial charge in [-0.1, -0.05) is 36.4 Å². The van der Waals surface area contributed by atoms with Crippen LogP contribution in [0.15, 0.2) is 48.8 Å². The van der Waals surface area contributed by atoms with Crippen LogP contribution in [0.3, 0.4) is 0 Å². The first kappa shape index (κ1) is 7.17. The van der Waals surface area contributed by atoms with Gasteiger partial charge in [0, 0.05) is 6.20 Å². The van der Waals surface area contributed by atoms with Crippen molar-refractivity contribution in [1.29, 1.82) is 0 Å². The SMILES string of the molecule is C1=CNC=C(c2ccccc2)C1. The number of dihydropyridines is 1. The molecule has 0 atom stereocenters. The molecule has 60 valence electrons. The lowest BCUT2D eigenvalue weighted by atomic mass is 10.0. The zero-order chi connectivity index (χ0) is 8.23. The average Bonchev–Trinajstić information content (AvgIpc) is 2.21. The molecule has 0 spiro atoms. The van der Waals surface area contributed by atoms with Gasteiger partial charge in [-0.2, -0.15) is 0 Å². The number of hydrogen-bond acceptors (Lipinski definition) is 1. The lowest BCUT2D eigenvalue weighted by Gasteiger charge is -2.08. The van der Waals surface area contributed by atoms with E-state index in [9.17, 15) is 0 Å². The van der Waals surface area contributed by atoms with E-state index in [4.69, 9.17) is 0 Å². The lowest BCUT2D eigenvalue weighted by Crippen LogP contribution is -1.99. The quantitative estimate of drug-likeness (QED) is 0.660. The summed E-state index contributed by atoms with van der Waals surface area (Å²) in [6, 6.07) is 10.4. The summed E-state index contributed by atoms with van der Waals surface area (Å²) in [6.07, 6.45) is 7.17. The van der Waals surface area contributed by atoms with Gasteiger partial charge in [0.1, 0.15) is 0 Å². The van der Waals surface area contributed by atoms with E-state index in [-0.39, 0.29) is 0 Å². The molecule has 1 aliphatic heterocycles. The zero-order valence-electron chi connectivity index (χ0n) is 6.83. The summed E-state index contributed by atoms with van der Waals surface area (Å²) in [5.41, 5.74) is 2.65. The van der Waals surface area contributed by atoms with E-state index in [1.54, 1.807) is 0 Å². The van der Waals surface area contributed by atoms with Crippen LogP contribution >= 0.6 is 0 Å². The van der Waals surface area contributed by atoms with Crippen LogP contribution in [-0.4, -0.2) is 0 Å². The van der Waals surface area contributed by atoms with Crippen molar-refractivity contribution in [3.05, 3.63) is 54.4 Å². The summed E-state index contributed by atoms with van der Waals surface area (Å²) in [5, 5.41) is 3.09. The van der Waals surface area contributed by atoms with E-state index in [2.05, 4.69) is 41.9 Å². The average molecular weight is 157 g/mol. The van der Waals surface area contributed by atoms with Gasteiger partial charge in [-0.3, -0.25) is 0 Å². The van der Waals surface area contributed by atoms with Crippen molar-refractivity contribution in [2.75, 3.05) is 0 Å². The lowest BCUT2D eigenvalue weighted by molar-refractivity contribution is 1.12. The molecular formula is C11H11N. The molecule has 0 unspecified atom stereocenters. The third-order valence-corrected chi connectivity index (χ3v) is 1.95. The Labute approximate surface area is 72.4 Å². The molecule has 0 radical (unpaired) electrons. The highest BCUT2D eigenvalue weighted by Gasteiger charge is 1.99. The Morgan fingerprint density at radius 2 is 1.92 bits per heavy atom. The second-order valence-corrected chi connectivity index (χ2v) is 2.81. The van der Waals surface area contributed by atoms with Crippen LogP contribution in [0.25, 0.3) is 5.57 Å². The zero-order valence-corrected chi connectivity index (χ0v) is 6.83. The van der Waals surface area contributed by atoms with Crippen molar-refractivity contribution in [2.24, 2.45) is 0 Å². The molecule has 0 aromatic heterocycles. The number of hydrogen-bond donors (Lipinski definition) is 1. The van der Waals surface area contributed by atoms with Crippen LogP contribution < -0.4 is 5.32 Å². The molecule has 1 N–H and O–H groups in total. The van der Waals surface area contributed by atoms with E-state index in [0.717, 1.165) is 6.42 Å². The Hall–Kier alpha value is -1.50. The fourth-order valence-electron chi connectivity index (χ4n) is 1.31. The first-order valence-corrected chi connectivity index (χ1v) is 4.12. The van der Waals surface area contributed by atoms with E-state index in [1.807, 2.05) is 12.3 Å². The third kappa shape index (κ3) is 1.40. The molecule has 0 saturated carbocycles. The van der Waals surface area contributed by atoms with E-state index >= 15 is 0 Å². The predicted octanol–water partition coefficient (Wildman–Crippen LogP) is 2.53. The molecule has 0 amide bonds. The van der Waals surface area contributed by atoms with Crippen molar-refractivity contribution < 1.29 is 0 Å². The summed E-state index contributed by atoms with van der Waals surface area (Å²) >= 11 is 0. The van der Waals surface area contributed by atoms with E-state index < -0.39 is 0 Å². The summed E-state index contributed by atoms with van der Waals surface area (Å²) in [7, 11) is 0. The molecular weight excluding hydrogens is 146 g/mol. The number of nitrogens with one attached hydrogen (secondary N) is 1. The highest BCUT2D eigenvalue weighted by atomic mass is 14.8. The minimum absolute atomic E-state index is 1.02. The smallest absolute Gasteiger partial charge is 0.00458 e. The fourth-order valence-corrected chi connectivity index (χ4v) is 1.31. The van der Waals surface area contributed by atoms with Crippen molar-refractivity contribution in [3.8, 4) is 0 Å². The molecule has 0 aliphatic carbocycles. The normalized spacial score (nSPS) is 15.2. The van der Waals surface area contributed by atoms with Crippen LogP contribution in [0, 0.1) is 0 Å². The number of rotatable bonds is 1. The predicted molar refractivity (Wildman–Crippen MR) is 51.3 cm³/mol.